The maximum absolute atomic E-state index is 5.72. The van der Waals surface area contributed by atoms with Gasteiger partial charge in [-0.1, -0.05) is 30.3 Å². The summed E-state index contributed by atoms with van der Waals surface area (Å²) in [4.78, 5) is 11.8. The fraction of sp³-hybridized carbons (Fsp3) is 0.304. The van der Waals surface area contributed by atoms with Gasteiger partial charge in [-0.05, 0) is 38.1 Å². The number of rotatable bonds is 6. The van der Waals surface area contributed by atoms with E-state index in [-0.39, 0.29) is 6.10 Å². The Morgan fingerprint density at radius 3 is 2.38 bits per heavy atom. The third-order valence-corrected chi connectivity index (χ3v) is 4.58. The molecule has 2 aromatic carbocycles. The number of hydrogen-bond acceptors (Lipinski definition) is 6. The summed E-state index contributed by atoms with van der Waals surface area (Å²) in [6.07, 6.45) is 0.153. The number of benzene rings is 2. The molecule has 0 radical (unpaired) electrons. The van der Waals surface area contributed by atoms with Crippen molar-refractivity contribution in [1.82, 2.24) is 9.97 Å². The molecule has 0 atom stereocenters. The van der Waals surface area contributed by atoms with Crippen LogP contribution in [0.25, 0.3) is 11.4 Å². The van der Waals surface area contributed by atoms with Crippen molar-refractivity contribution < 1.29 is 9.47 Å². The van der Waals surface area contributed by atoms with Crippen LogP contribution in [0.5, 0.6) is 5.75 Å². The molecule has 0 amide bonds. The lowest BCUT2D eigenvalue weighted by atomic mass is 10.2. The Labute approximate surface area is 171 Å². The second-order valence-corrected chi connectivity index (χ2v) is 7.22. The second-order valence-electron chi connectivity index (χ2n) is 7.22. The Kier molecular flexibility index (Phi) is 5.91. The molecule has 2 heterocycles. The van der Waals surface area contributed by atoms with Gasteiger partial charge in [0.05, 0.1) is 19.3 Å². The summed E-state index contributed by atoms with van der Waals surface area (Å²) in [6.45, 7) is 7.12. The average molecular weight is 390 g/mol. The van der Waals surface area contributed by atoms with E-state index in [9.17, 15) is 0 Å². The van der Waals surface area contributed by atoms with E-state index in [4.69, 9.17) is 19.4 Å². The van der Waals surface area contributed by atoms with Crippen LogP contribution in [0, 0.1) is 0 Å². The van der Waals surface area contributed by atoms with Crippen molar-refractivity contribution in [1.29, 1.82) is 0 Å². The summed E-state index contributed by atoms with van der Waals surface area (Å²) in [7, 11) is 0. The molecule has 0 unspecified atom stereocenters. The van der Waals surface area contributed by atoms with Gasteiger partial charge >= 0.3 is 0 Å². The van der Waals surface area contributed by atoms with Crippen LogP contribution in [-0.4, -0.2) is 42.4 Å². The first-order valence-electron chi connectivity index (χ1n) is 9.98. The molecule has 3 aromatic rings. The molecule has 1 aliphatic heterocycles. The highest BCUT2D eigenvalue weighted by atomic mass is 16.5. The van der Waals surface area contributed by atoms with E-state index in [1.807, 2.05) is 74.5 Å². The average Bonchev–Trinajstić information content (AvgIpc) is 2.76. The molecule has 1 saturated heterocycles. The van der Waals surface area contributed by atoms with Gasteiger partial charge in [-0.2, -0.15) is 0 Å². The fourth-order valence-electron chi connectivity index (χ4n) is 3.21. The standard InChI is InChI=1S/C23H26N4O2/c1-17(2)29-20-10-8-19(9-11-20)24-21-16-22(27-12-14-28-15-13-27)26-23(25-21)18-6-4-3-5-7-18/h3-11,16-17H,12-15H2,1-2H3,(H,24,25,26). The van der Waals surface area contributed by atoms with Gasteiger partial charge in [0, 0.05) is 30.4 Å². The summed E-state index contributed by atoms with van der Waals surface area (Å²) >= 11 is 0. The molecule has 6 nitrogen and oxygen atoms in total. The molecule has 1 aromatic heterocycles. The number of ether oxygens (including phenoxy) is 2. The van der Waals surface area contributed by atoms with Gasteiger partial charge in [-0.25, -0.2) is 9.97 Å². The Hall–Kier alpha value is -3.12. The first-order valence-corrected chi connectivity index (χ1v) is 9.98. The van der Waals surface area contributed by atoms with E-state index >= 15 is 0 Å². The van der Waals surface area contributed by atoms with Crippen molar-refractivity contribution in [3.63, 3.8) is 0 Å². The number of aromatic nitrogens is 2. The number of anilines is 3. The van der Waals surface area contributed by atoms with Crippen molar-refractivity contribution in [2.24, 2.45) is 0 Å². The maximum atomic E-state index is 5.72. The number of hydrogen-bond donors (Lipinski definition) is 1. The fourth-order valence-corrected chi connectivity index (χ4v) is 3.21. The van der Waals surface area contributed by atoms with Crippen LogP contribution >= 0.6 is 0 Å². The second kappa shape index (κ2) is 8.92. The lowest BCUT2D eigenvalue weighted by molar-refractivity contribution is 0.122. The summed E-state index contributed by atoms with van der Waals surface area (Å²) < 4.78 is 11.2. The van der Waals surface area contributed by atoms with Gasteiger partial charge < -0.3 is 19.7 Å². The summed E-state index contributed by atoms with van der Waals surface area (Å²) in [6, 6.07) is 20.0. The minimum atomic E-state index is 0.153. The zero-order valence-corrected chi connectivity index (χ0v) is 16.8. The highest BCUT2D eigenvalue weighted by molar-refractivity contribution is 5.66. The number of morpholine rings is 1. The molecule has 150 valence electrons. The van der Waals surface area contributed by atoms with Gasteiger partial charge in [0.15, 0.2) is 5.82 Å². The largest absolute Gasteiger partial charge is 0.491 e. The number of nitrogens with zero attached hydrogens (tertiary/aromatic N) is 3. The molecular formula is C23H26N4O2. The van der Waals surface area contributed by atoms with E-state index in [1.54, 1.807) is 0 Å². The molecule has 1 N–H and O–H groups in total. The zero-order chi connectivity index (χ0) is 20.1. The molecule has 0 aliphatic carbocycles. The molecule has 0 bridgehead atoms. The summed E-state index contributed by atoms with van der Waals surface area (Å²) in [5, 5.41) is 3.41. The normalized spacial score (nSPS) is 14.1. The predicted molar refractivity (Wildman–Crippen MR) is 116 cm³/mol. The van der Waals surface area contributed by atoms with Crippen molar-refractivity contribution in [2.75, 3.05) is 36.5 Å². The molecule has 0 spiro atoms. The van der Waals surface area contributed by atoms with E-state index in [2.05, 4.69) is 10.2 Å². The molecule has 1 aliphatic rings. The van der Waals surface area contributed by atoms with Crippen LogP contribution in [0.2, 0.25) is 0 Å². The maximum Gasteiger partial charge on any atom is 0.163 e. The van der Waals surface area contributed by atoms with Crippen molar-refractivity contribution in [3.8, 4) is 17.1 Å². The molecular weight excluding hydrogens is 364 g/mol. The predicted octanol–water partition coefficient (Wildman–Crippen LogP) is 4.51. The van der Waals surface area contributed by atoms with Gasteiger partial charge in [-0.3, -0.25) is 0 Å². The van der Waals surface area contributed by atoms with Crippen molar-refractivity contribution >= 4 is 17.3 Å². The quantitative estimate of drug-likeness (QED) is 0.668. The van der Waals surface area contributed by atoms with Gasteiger partial charge in [0.2, 0.25) is 0 Å². The number of nitrogens with one attached hydrogen (secondary N) is 1. The van der Waals surface area contributed by atoms with Crippen LogP contribution in [-0.2, 0) is 4.74 Å². The van der Waals surface area contributed by atoms with E-state index < -0.39 is 0 Å². The van der Waals surface area contributed by atoms with E-state index in [0.29, 0.717) is 19.0 Å². The van der Waals surface area contributed by atoms with Crippen LogP contribution in [0.4, 0.5) is 17.3 Å². The third-order valence-electron chi connectivity index (χ3n) is 4.58. The molecule has 29 heavy (non-hydrogen) atoms. The SMILES string of the molecule is CC(C)Oc1ccc(Nc2cc(N3CCOCC3)nc(-c3ccccc3)n2)cc1. The monoisotopic (exact) mass is 390 g/mol. The van der Waals surface area contributed by atoms with Gasteiger partial charge in [-0.15, -0.1) is 0 Å². The Morgan fingerprint density at radius 1 is 0.966 bits per heavy atom. The smallest absolute Gasteiger partial charge is 0.163 e. The Morgan fingerprint density at radius 2 is 1.69 bits per heavy atom. The molecule has 0 saturated carbocycles. The molecule has 4 rings (SSSR count). The van der Waals surface area contributed by atoms with Gasteiger partial charge in [0.25, 0.3) is 0 Å². The van der Waals surface area contributed by atoms with Crippen LogP contribution in [0.15, 0.2) is 60.7 Å². The minimum absolute atomic E-state index is 0.153. The van der Waals surface area contributed by atoms with Crippen LogP contribution < -0.4 is 15.0 Å². The lowest BCUT2D eigenvalue weighted by Gasteiger charge is -2.28. The Balaban J connectivity index is 1.62. The summed E-state index contributed by atoms with van der Waals surface area (Å²) in [5.41, 5.74) is 1.94. The topological polar surface area (TPSA) is 59.5 Å². The first-order chi connectivity index (χ1) is 14.2. The van der Waals surface area contributed by atoms with Crippen molar-refractivity contribution in [3.05, 3.63) is 60.7 Å². The highest BCUT2D eigenvalue weighted by Crippen LogP contribution is 2.26. The van der Waals surface area contributed by atoms with E-state index in [1.165, 1.54) is 0 Å². The third kappa shape index (κ3) is 5.03. The first kappa shape index (κ1) is 19.2. The summed E-state index contributed by atoms with van der Waals surface area (Å²) in [5.74, 6) is 3.23. The minimum Gasteiger partial charge on any atom is -0.491 e. The molecule has 1 fully saturated rings. The zero-order valence-electron chi connectivity index (χ0n) is 16.8. The van der Waals surface area contributed by atoms with Gasteiger partial charge in [0.1, 0.15) is 17.4 Å². The highest BCUT2D eigenvalue weighted by Gasteiger charge is 2.16. The van der Waals surface area contributed by atoms with E-state index in [0.717, 1.165) is 41.7 Å². The molecule has 6 heteroatoms. The van der Waals surface area contributed by atoms with Crippen LogP contribution in [0.3, 0.4) is 0 Å². The lowest BCUT2D eigenvalue weighted by Crippen LogP contribution is -2.36. The van der Waals surface area contributed by atoms with Crippen LogP contribution in [0.1, 0.15) is 13.8 Å². The van der Waals surface area contributed by atoms with Crippen molar-refractivity contribution in [2.45, 2.75) is 20.0 Å². The Bertz CT molecular complexity index is 923.